The van der Waals surface area contributed by atoms with Gasteiger partial charge in [-0.2, -0.15) is 0 Å². The summed E-state index contributed by atoms with van der Waals surface area (Å²) in [4.78, 5) is 14.2. The molecule has 0 radical (unpaired) electrons. The van der Waals surface area contributed by atoms with Gasteiger partial charge in [-0.25, -0.2) is 0 Å². The van der Waals surface area contributed by atoms with Gasteiger partial charge >= 0.3 is 0 Å². The number of hydrogen-bond acceptors (Lipinski definition) is 2. The topological polar surface area (TPSA) is 20.3 Å². The zero-order chi connectivity index (χ0) is 12.8. The Hall–Kier alpha value is -0.370. The zero-order valence-electron chi connectivity index (χ0n) is 12.0. The van der Waals surface area contributed by atoms with Crippen LogP contribution in [0.2, 0.25) is 0 Å². The highest BCUT2D eigenvalue weighted by Gasteiger charge is 2.33. The summed E-state index contributed by atoms with van der Waals surface area (Å²) in [5.41, 5.74) is -0.0176. The van der Waals surface area contributed by atoms with E-state index in [2.05, 4.69) is 11.8 Å². The van der Waals surface area contributed by atoms with Gasteiger partial charge in [0.05, 0.1) is 0 Å². The Morgan fingerprint density at radius 1 is 1.11 bits per heavy atom. The van der Waals surface area contributed by atoms with Gasteiger partial charge in [0.1, 0.15) is 6.29 Å². The second kappa shape index (κ2) is 6.70. The van der Waals surface area contributed by atoms with E-state index >= 15 is 0 Å². The van der Waals surface area contributed by atoms with Gasteiger partial charge in [-0.1, -0.05) is 39.0 Å². The number of carbonyl (C=O) groups excluding carboxylic acids is 1. The van der Waals surface area contributed by atoms with E-state index < -0.39 is 0 Å². The van der Waals surface area contributed by atoms with E-state index in [1.807, 2.05) is 0 Å². The number of hydrogen-bond donors (Lipinski definition) is 0. The second-order valence-corrected chi connectivity index (χ2v) is 6.52. The molecule has 2 aliphatic rings. The molecule has 104 valence electrons. The van der Waals surface area contributed by atoms with Gasteiger partial charge in [0.2, 0.25) is 0 Å². The average Bonchev–Trinajstić information content (AvgIpc) is 2.58. The van der Waals surface area contributed by atoms with Gasteiger partial charge in [-0.05, 0) is 38.1 Å². The summed E-state index contributed by atoms with van der Waals surface area (Å²) in [6, 6.07) is 0. The van der Waals surface area contributed by atoms with Gasteiger partial charge < -0.3 is 9.69 Å². The first kappa shape index (κ1) is 14.0. The Kier molecular flexibility index (Phi) is 5.23. The Bertz CT molecular complexity index is 252. The standard InChI is InChI=1S/C16H29NO/c1-2-17(12-15-8-7-9-15)13-16(14-18)10-5-3-4-6-11-16/h14-15H,2-13H2,1H3. The maximum atomic E-state index is 11.6. The van der Waals surface area contributed by atoms with Crippen LogP contribution in [0.25, 0.3) is 0 Å². The molecule has 0 N–H and O–H groups in total. The van der Waals surface area contributed by atoms with Gasteiger partial charge in [0, 0.05) is 18.5 Å². The average molecular weight is 251 g/mol. The third-order valence-electron chi connectivity index (χ3n) is 5.08. The summed E-state index contributed by atoms with van der Waals surface area (Å²) in [5, 5.41) is 0. The van der Waals surface area contributed by atoms with Crippen molar-refractivity contribution in [3.63, 3.8) is 0 Å². The lowest BCUT2D eigenvalue weighted by molar-refractivity contribution is -0.118. The molecule has 0 bridgehead atoms. The van der Waals surface area contributed by atoms with E-state index in [0.717, 1.165) is 31.8 Å². The minimum atomic E-state index is -0.0176. The minimum absolute atomic E-state index is 0.0176. The van der Waals surface area contributed by atoms with Crippen molar-refractivity contribution in [1.29, 1.82) is 0 Å². The molecule has 2 aliphatic carbocycles. The second-order valence-electron chi connectivity index (χ2n) is 6.52. The number of rotatable bonds is 6. The predicted octanol–water partition coefficient (Wildman–Crippen LogP) is 3.65. The van der Waals surface area contributed by atoms with E-state index in [1.165, 1.54) is 57.8 Å². The molecular weight excluding hydrogens is 222 g/mol. The largest absolute Gasteiger partial charge is 0.303 e. The van der Waals surface area contributed by atoms with Gasteiger partial charge in [0.15, 0.2) is 0 Å². The van der Waals surface area contributed by atoms with Crippen molar-refractivity contribution in [2.24, 2.45) is 11.3 Å². The third kappa shape index (κ3) is 3.57. The van der Waals surface area contributed by atoms with Crippen molar-refractivity contribution < 1.29 is 4.79 Å². The molecule has 0 spiro atoms. The summed E-state index contributed by atoms with van der Waals surface area (Å²) in [5.74, 6) is 0.916. The van der Waals surface area contributed by atoms with E-state index in [-0.39, 0.29) is 5.41 Å². The molecule has 0 aromatic carbocycles. The smallest absolute Gasteiger partial charge is 0.127 e. The van der Waals surface area contributed by atoms with Crippen LogP contribution in [-0.2, 0) is 4.79 Å². The van der Waals surface area contributed by atoms with E-state index in [1.54, 1.807) is 0 Å². The van der Waals surface area contributed by atoms with Crippen LogP contribution in [0.4, 0.5) is 0 Å². The van der Waals surface area contributed by atoms with Gasteiger partial charge in [-0.3, -0.25) is 0 Å². The predicted molar refractivity (Wildman–Crippen MR) is 75.7 cm³/mol. The third-order valence-corrected chi connectivity index (χ3v) is 5.08. The normalized spacial score (nSPS) is 24.6. The molecule has 18 heavy (non-hydrogen) atoms. The highest BCUT2D eigenvalue weighted by Crippen LogP contribution is 2.35. The molecule has 2 rings (SSSR count). The molecule has 0 amide bonds. The lowest BCUT2D eigenvalue weighted by Crippen LogP contribution is -2.42. The Morgan fingerprint density at radius 2 is 1.78 bits per heavy atom. The van der Waals surface area contributed by atoms with E-state index in [9.17, 15) is 4.79 Å². The van der Waals surface area contributed by atoms with E-state index in [0.29, 0.717) is 0 Å². The summed E-state index contributed by atoms with van der Waals surface area (Å²) in [7, 11) is 0. The Morgan fingerprint density at radius 3 is 2.22 bits per heavy atom. The maximum Gasteiger partial charge on any atom is 0.127 e. The van der Waals surface area contributed by atoms with Crippen molar-refractivity contribution in [2.45, 2.75) is 64.7 Å². The fraction of sp³-hybridized carbons (Fsp3) is 0.938. The molecule has 2 nitrogen and oxygen atoms in total. The summed E-state index contributed by atoms with van der Waals surface area (Å²) < 4.78 is 0. The summed E-state index contributed by atoms with van der Waals surface area (Å²) in [6.07, 6.45) is 12.9. The van der Waals surface area contributed by atoms with Crippen LogP contribution in [0.15, 0.2) is 0 Å². The molecule has 0 aromatic heterocycles. The lowest BCUT2D eigenvalue weighted by Gasteiger charge is -2.37. The first-order valence-electron chi connectivity index (χ1n) is 7.97. The molecule has 0 heterocycles. The van der Waals surface area contributed by atoms with Crippen molar-refractivity contribution in [3.8, 4) is 0 Å². The Labute approximate surface area is 112 Å². The SMILES string of the molecule is CCN(CC1CCC1)CC1(C=O)CCCCCC1. The monoisotopic (exact) mass is 251 g/mol. The molecule has 0 saturated heterocycles. The first-order valence-corrected chi connectivity index (χ1v) is 7.97. The molecular formula is C16H29NO. The van der Waals surface area contributed by atoms with Crippen molar-refractivity contribution in [2.75, 3.05) is 19.6 Å². The maximum absolute atomic E-state index is 11.6. The van der Waals surface area contributed by atoms with Crippen LogP contribution in [-0.4, -0.2) is 30.8 Å². The van der Waals surface area contributed by atoms with Crippen LogP contribution in [0.5, 0.6) is 0 Å². The van der Waals surface area contributed by atoms with Crippen LogP contribution < -0.4 is 0 Å². The van der Waals surface area contributed by atoms with Crippen molar-refractivity contribution >= 4 is 6.29 Å². The molecule has 0 atom stereocenters. The molecule has 2 saturated carbocycles. The molecule has 0 aromatic rings. The fourth-order valence-corrected chi connectivity index (χ4v) is 3.54. The number of nitrogens with zero attached hydrogens (tertiary/aromatic N) is 1. The van der Waals surface area contributed by atoms with Crippen LogP contribution in [0, 0.1) is 11.3 Å². The van der Waals surface area contributed by atoms with Gasteiger partial charge in [0.25, 0.3) is 0 Å². The highest BCUT2D eigenvalue weighted by molar-refractivity contribution is 5.59. The Balaban J connectivity index is 1.90. The van der Waals surface area contributed by atoms with Crippen molar-refractivity contribution in [1.82, 2.24) is 4.90 Å². The number of aldehydes is 1. The number of carbonyl (C=O) groups is 1. The zero-order valence-corrected chi connectivity index (χ0v) is 12.0. The first-order chi connectivity index (χ1) is 8.78. The summed E-state index contributed by atoms with van der Waals surface area (Å²) in [6.45, 7) is 5.59. The van der Waals surface area contributed by atoms with Crippen LogP contribution in [0.1, 0.15) is 64.7 Å². The van der Waals surface area contributed by atoms with Crippen LogP contribution in [0.3, 0.4) is 0 Å². The molecule has 0 unspecified atom stereocenters. The molecule has 2 heteroatoms. The van der Waals surface area contributed by atoms with Gasteiger partial charge in [-0.15, -0.1) is 0 Å². The summed E-state index contributed by atoms with van der Waals surface area (Å²) >= 11 is 0. The quantitative estimate of drug-likeness (QED) is 0.530. The van der Waals surface area contributed by atoms with Crippen molar-refractivity contribution in [3.05, 3.63) is 0 Å². The van der Waals surface area contributed by atoms with Crippen LogP contribution >= 0.6 is 0 Å². The molecule has 0 aliphatic heterocycles. The highest BCUT2D eigenvalue weighted by atomic mass is 16.1. The van der Waals surface area contributed by atoms with E-state index in [4.69, 9.17) is 0 Å². The fourth-order valence-electron chi connectivity index (χ4n) is 3.54. The lowest BCUT2D eigenvalue weighted by atomic mass is 9.80. The minimum Gasteiger partial charge on any atom is -0.303 e. The molecule has 2 fully saturated rings.